The van der Waals surface area contributed by atoms with Crippen molar-refractivity contribution in [2.24, 2.45) is 5.16 Å². The molecular weight excluding hydrogens is 307 g/mol. The molecule has 2 aromatic carbocycles. The smallest absolute Gasteiger partial charge is 0.312 e. The van der Waals surface area contributed by atoms with E-state index in [-0.39, 0.29) is 5.56 Å². The quantitative estimate of drug-likeness (QED) is 0.417. The van der Waals surface area contributed by atoms with E-state index in [4.69, 9.17) is 4.84 Å². The van der Waals surface area contributed by atoms with Gasteiger partial charge in [0.25, 0.3) is 0 Å². The van der Waals surface area contributed by atoms with Gasteiger partial charge in [-0.05, 0) is 30.3 Å². The van der Waals surface area contributed by atoms with Crippen molar-refractivity contribution in [1.29, 1.82) is 0 Å². The van der Waals surface area contributed by atoms with E-state index < -0.39 is 11.8 Å². The minimum Gasteiger partial charge on any atom is -0.312 e. The zero-order valence-corrected chi connectivity index (χ0v) is 12.6. The van der Waals surface area contributed by atoms with E-state index in [2.05, 4.69) is 10.1 Å². The molecule has 3 rings (SSSR count). The summed E-state index contributed by atoms with van der Waals surface area (Å²) in [6.45, 7) is 0. The average molecular weight is 320 g/mol. The maximum absolute atomic E-state index is 13.2. The van der Waals surface area contributed by atoms with Gasteiger partial charge in [0.15, 0.2) is 0 Å². The van der Waals surface area contributed by atoms with E-state index in [1.807, 2.05) is 30.3 Å². The Hall–Kier alpha value is -3.34. The Morgan fingerprint density at radius 1 is 0.875 bits per heavy atom. The summed E-state index contributed by atoms with van der Waals surface area (Å²) in [5.74, 6) is -1.23. The Labute approximate surface area is 138 Å². The van der Waals surface area contributed by atoms with Gasteiger partial charge in [-0.15, -0.1) is 0 Å². The van der Waals surface area contributed by atoms with Gasteiger partial charge >= 0.3 is 5.97 Å². The number of oxime groups is 1. The van der Waals surface area contributed by atoms with Crippen LogP contribution in [0.4, 0.5) is 4.39 Å². The van der Waals surface area contributed by atoms with Gasteiger partial charge in [0, 0.05) is 23.5 Å². The van der Waals surface area contributed by atoms with Crippen LogP contribution in [-0.2, 0) is 4.84 Å². The van der Waals surface area contributed by atoms with E-state index >= 15 is 0 Å². The van der Waals surface area contributed by atoms with Crippen molar-refractivity contribution in [1.82, 2.24) is 4.98 Å². The maximum atomic E-state index is 13.2. The van der Waals surface area contributed by atoms with Crippen molar-refractivity contribution in [3.63, 3.8) is 0 Å². The molecule has 24 heavy (non-hydrogen) atoms. The predicted octanol–water partition coefficient (Wildman–Crippen LogP) is 3.83. The molecule has 4 nitrogen and oxygen atoms in total. The second-order valence-electron chi connectivity index (χ2n) is 4.93. The number of benzene rings is 2. The molecule has 5 heteroatoms. The molecule has 0 N–H and O–H groups in total. The summed E-state index contributed by atoms with van der Waals surface area (Å²) in [5, 5.41) is 3.99. The minimum absolute atomic E-state index is 0.0980. The second kappa shape index (κ2) is 7.28. The summed E-state index contributed by atoms with van der Waals surface area (Å²) >= 11 is 0. The van der Waals surface area contributed by atoms with Crippen LogP contribution in [0.25, 0.3) is 0 Å². The van der Waals surface area contributed by atoms with Crippen molar-refractivity contribution >= 4 is 11.7 Å². The first-order chi connectivity index (χ1) is 11.7. The Bertz CT molecular complexity index is 823. The molecule has 0 bridgehead atoms. The van der Waals surface area contributed by atoms with Crippen molar-refractivity contribution < 1.29 is 14.0 Å². The molecule has 0 radical (unpaired) electrons. The van der Waals surface area contributed by atoms with E-state index in [9.17, 15) is 9.18 Å². The maximum Gasteiger partial charge on any atom is 0.365 e. The van der Waals surface area contributed by atoms with Gasteiger partial charge in [-0.2, -0.15) is 0 Å². The first kappa shape index (κ1) is 15.6. The molecule has 118 valence electrons. The lowest BCUT2D eigenvalue weighted by Crippen LogP contribution is -2.08. The fraction of sp³-hybridized carbons (Fsp3) is 0. The van der Waals surface area contributed by atoms with Gasteiger partial charge in [-0.1, -0.05) is 41.6 Å². The molecular formula is C19H13FN2O2. The highest BCUT2D eigenvalue weighted by molar-refractivity contribution is 6.12. The van der Waals surface area contributed by atoms with Gasteiger partial charge in [0.05, 0.1) is 5.56 Å². The monoisotopic (exact) mass is 320 g/mol. The normalized spacial score (nSPS) is 11.1. The molecule has 0 aliphatic heterocycles. The van der Waals surface area contributed by atoms with Gasteiger partial charge in [0.1, 0.15) is 11.5 Å². The van der Waals surface area contributed by atoms with Gasteiger partial charge in [-0.3, -0.25) is 4.98 Å². The van der Waals surface area contributed by atoms with Crippen LogP contribution in [0, 0.1) is 5.82 Å². The molecule has 0 saturated carbocycles. The van der Waals surface area contributed by atoms with Crippen LogP contribution < -0.4 is 0 Å². The first-order valence-corrected chi connectivity index (χ1v) is 7.25. The molecule has 0 aliphatic carbocycles. The molecule has 1 aromatic heterocycles. The Balaban J connectivity index is 1.91. The number of aromatic nitrogens is 1. The third-order valence-corrected chi connectivity index (χ3v) is 3.28. The lowest BCUT2D eigenvalue weighted by molar-refractivity contribution is 0.0516. The Morgan fingerprint density at radius 3 is 2.25 bits per heavy atom. The number of hydrogen-bond acceptors (Lipinski definition) is 4. The molecule has 0 spiro atoms. The molecule has 1 heterocycles. The van der Waals surface area contributed by atoms with Crippen LogP contribution in [0.1, 0.15) is 21.5 Å². The van der Waals surface area contributed by atoms with Gasteiger partial charge < -0.3 is 4.84 Å². The third-order valence-electron chi connectivity index (χ3n) is 3.28. The lowest BCUT2D eigenvalue weighted by Gasteiger charge is -2.06. The van der Waals surface area contributed by atoms with Crippen LogP contribution in [0.2, 0.25) is 0 Å². The number of nitrogens with zero attached hydrogens (tertiary/aromatic N) is 2. The molecule has 0 fully saturated rings. The first-order valence-electron chi connectivity index (χ1n) is 7.25. The highest BCUT2D eigenvalue weighted by Crippen LogP contribution is 2.12. The minimum atomic E-state index is -0.725. The number of carbonyl (C=O) groups excluding carboxylic acids is 1. The fourth-order valence-electron chi connectivity index (χ4n) is 2.13. The van der Waals surface area contributed by atoms with Crippen LogP contribution >= 0.6 is 0 Å². The predicted molar refractivity (Wildman–Crippen MR) is 88.1 cm³/mol. The van der Waals surface area contributed by atoms with Gasteiger partial charge in [-0.25, -0.2) is 9.18 Å². The van der Waals surface area contributed by atoms with E-state index in [0.29, 0.717) is 5.71 Å². The average Bonchev–Trinajstić information content (AvgIpc) is 2.63. The highest BCUT2D eigenvalue weighted by atomic mass is 19.1. The van der Waals surface area contributed by atoms with E-state index in [1.165, 1.54) is 18.2 Å². The largest absolute Gasteiger partial charge is 0.365 e. The standard InChI is InChI=1S/C19H13FN2O2/c20-17-8-4-7-16(13-17)19(23)24-22-18(14-5-2-1-3-6-14)15-9-11-21-12-10-15/h1-13H. The van der Waals surface area contributed by atoms with Crippen LogP contribution in [0.5, 0.6) is 0 Å². The fourth-order valence-corrected chi connectivity index (χ4v) is 2.13. The van der Waals surface area contributed by atoms with Crippen molar-refractivity contribution in [2.75, 3.05) is 0 Å². The summed E-state index contributed by atoms with van der Waals surface area (Å²) in [7, 11) is 0. The van der Waals surface area contributed by atoms with E-state index in [0.717, 1.165) is 17.2 Å². The van der Waals surface area contributed by atoms with Crippen LogP contribution in [-0.4, -0.2) is 16.7 Å². The van der Waals surface area contributed by atoms with Gasteiger partial charge in [0.2, 0.25) is 0 Å². The van der Waals surface area contributed by atoms with Crippen molar-refractivity contribution in [2.45, 2.75) is 0 Å². The number of rotatable bonds is 4. The number of hydrogen-bond donors (Lipinski definition) is 0. The molecule has 0 unspecified atom stereocenters. The SMILES string of the molecule is O=C(ON=C(c1ccccc1)c1ccncc1)c1cccc(F)c1. The topological polar surface area (TPSA) is 51.5 Å². The molecule has 0 amide bonds. The number of pyridine rings is 1. The third kappa shape index (κ3) is 3.70. The Morgan fingerprint density at radius 2 is 1.54 bits per heavy atom. The van der Waals surface area contributed by atoms with E-state index in [1.54, 1.807) is 24.5 Å². The molecule has 3 aromatic rings. The van der Waals surface area contributed by atoms with Crippen molar-refractivity contribution in [3.8, 4) is 0 Å². The summed E-state index contributed by atoms with van der Waals surface area (Å²) in [6.07, 6.45) is 3.25. The lowest BCUT2D eigenvalue weighted by atomic mass is 10.0. The Kier molecular flexibility index (Phi) is 4.72. The zero-order valence-electron chi connectivity index (χ0n) is 12.6. The van der Waals surface area contributed by atoms with Crippen LogP contribution in [0.15, 0.2) is 84.3 Å². The molecule has 0 atom stereocenters. The highest BCUT2D eigenvalue weighted by Gasteiger charge is 2.11. The zero-order chi connectivity index (χ0) is 16.8. The molecule has 0 aliphatic rings. The molecule has 0 saturated heterocycles. The summed E-state index contributed by atoms with van der Waals surface area (Å²) in [6, 6.07) is 18.1. The number of carbonyl (C=O) groups is 1. The summed E-state index contributed by atoms with van der Waals surface area (Å²) < 4.78 is 13.2. The second-order valence-corrected chi connectivity index (χ2v) is 4.93. The summed E-state index contributed by atoms with van der Waals surface area (Å²) in [4.78, 5) is 21.0. The summed E-state index contributed by atoms with van der Waals surface area (Å²) in [5.41, 5.74) is 2.13. The van der Waals surface area contributed by atoms with Crippen molar-refractivity contribution in [3.05, 3.63) is 102 Å². The van der Waals surface area contributed by atoms with Crippen LogP contribution in [0.3, 0.4) is 0 Å². The number of halogens is 1.